The van der Waals surface area contributed by atoms with Crippen molar-refractivity contribution in [2.75, 3.05) is 12.4 Å². The zero-order chi connectivity index (χ0) is 18.5. The van der Waals surface area contributed by atoms with E-state index >= 15 is 0 Å². The summed E-state index contributed by atoms with van der Waals surface area (Å²) in [5.74, 6) is 1.32. The van der Waals surface area contributed by atoms with E-state index in [1.54, 1.807) is 25.1 Å². The Morgan fingerprint density at radius 1 is 1.12 bits per heavy atom. The lowest BCUT2D eigenvalue weighted by atomic mass is 10.2. The van der Waals surface area contributed by atoms with Crippen molar-refractivity contribution >= 4 is 17.4 Å². The molecule has 0 spiro atoms. The van der Waals surface area contributed by atoms with Gasteiger partial charge in [-0.2, -0.15) is 0 Å². The van der Waals surface area contributed by atoms with Crippen molar-refractivity contribution < 1.29 is 4.79 Å². The normalized spacial score (nSPS) is 10.4. The van der Waals surface area contributed by atoms with Crippen molar-refractivity contribution in [2.24, 2.45) is 0 Å². The predicted molar refractivity (Wildman–Crippen MR) is 102 cm³/mol. The van der Waals surface area contributed by atoms with Crippen LogP contribution < -0.4 is 5.32 Å². The standard InChI is InChI=1S/C20H21N5O/c1-14-11-19(24-20(22-14)18-9-4-5-10-21-18)23-17-8-6-7-16(12-17)13-25(3)15(2)26/h4-12H,13H2,1-3H3,(H,22,23,24). The molecule has 0 radical (unpaired) electrons. The number of nitrogens with one attached hydrogen (secondary N) is 1. The molecule has 6 heteroatoms. The van der Waals surface area contributed by atoms with Gasteiger partial charge in [0.05, 0.1) is 0 Å². The Hall–Kier alpha value is -3.28. The molecule has 3 aromatic rings. The quantitative estimate of drug-likeness (QED) is 0.764. The molecular weight excluding hydrogens is 326 g/mol. The molecule has 6 nitrogen and oxygen atoms in total. The Morgan fingerprint density at radius 2 is 1.96 bits per heavy atom. The fourth-order valence-electron chi connectivity index (χ4n) is 2.52. The Balaban J connectivity index is 1.83. The van der Waals surface area contributed by atoms with E-state index in [0.717, 1.165) is 22.6 Å². The molecule has 2 aromatic heterocycles. The van der Waals surface area contributed by atoms with E-state index in [1.807, 2.05) is 55.5 Å². The first-order valence-corrected chi connectivity index (χ1v) is 8.36. The van der Waals surface area contributed by atoms with Crippen molar-refractivity contribution in [2.45, 2.75) is 20.4 Å². The number of benzene rings is 1. The van der Waals surface area contributed by atoms with E-state index in [2.05, 4.69) is 20.3 Å². The van der Waals surface area contributed by atoms with Gasteiger partial charge >= 0.3 is 0 Å². The highest BCUT2D eigenvalue weighted by Gasteiger charge is 2.08. The molecular formula is C20H21N5O. The number of hydrogen-bond donors (Lipinski definition) is 1. The summed E-state index contributed by atoms with van der Waals surface area (Å²) in [5, 5.41) is 3.32. The number of carbonyl (C=O) groups excluding carboxylic acids is 1. The maximum absolute atomic E-state index is 11.4. The van der Waals surface area contributed by atoms with Gasteiger partial charge in [-0.15, -0.1) is 0 Å². The Kier molecular flexibility index (Phi) is 5.22. The highest BCUT2D eigenvalue weighted by molar-refractivity contribution is 5.73. The summed E-state index contributed by atoms with van der Waals surface area (Å²) in [6.07, 6.45) is 1.73. The summed E-state index contributed by atoms with van der Waals surface area (Å²) >= 11 is 0. The van der Waals surface area contributed by atoms with Gasteiger partial charge in [-0.25, -0.2) is 9.97 Å². The van der Waals surface area contributed by atoms with Crippen LogP contribution in [-0.2, 0) is 11.3 Å². The Labute approximate surface area is 153 Å². The SMILES string of the molecule is CC(=O)N(C)Cc1cccc(Nc2cc(C)nc(-c3ccccn3)n2)c1. The van der Waals surface area contributed by atoms with Gasteiger partial charge in [0.2, 0.25) is 5.91 Å². The first kappa shape index (κ1) is 17.5. The smallest absolute Gasteiger partial charge is 0.219 e. The van der Waals surface area contributed by atoms with Gasteiger partial charge in [-0.05, 0) is 36.8 Å². The molecule has 0 aliphatic heterocycles. The molecule has 1 amide bonds. The molecule has 26 heavy (non-hydrogen) atoms. The summed E-state index contributed by atoms with van der Waals surface area (Å²) in [6.45, 7) is 4.05. The highest BCUT2D eigenvalue weighted by Crippen LogP contribution is 2.20. The third kappa shape index (κ3) is 4.42. The number of rotatable bonds is 5. The van der Waals surface area contributed by atoms with Crippen LogP contribution in [0.25, 0.3) is 11.5 Å². The second-order valence-electron chi connectivity index (χ2n) is 6.13. The lowest BCUT2D eigenvalue weighted by molar-refractivity contribution is -0.128. The van der Waals surface area contributed by atoms with E-state index in [4.69, 9.17) is 0 Å². The predicted octanol–water partition coefficient (Wildman–Crippen LogP) is 3.57. The van der Waals surface area contributed by atoms with Gasteiger partial charge in [0.15, 0.2) is 5.82 Å². The molecule has 0 atom stereocenters. The number of aryl methyl sites for hydroxylation is 1. The van der Waals surface area contributed by atoms with E-state index in [9.17, 15) is 4.79 Å². The van der Waals surface area contributed by atoms with Crippen LogP contribution in [0.5, 0.6) is 0 Å². The summed E-state index contributed by atoms with van der Waals surface area (Å²) < 4.78 is 0. The highest BCUT2D eigenvalue weighted by atomic mass is 16.2. The van der Waals surface area contributed by atoms with Crippen LogP contribution in [0.2, 0.25) is 0 Å². The summed E-state index contributed by atoms with van der Waals surface area (Å²) in [4.78, 5) is 26.4. The lowest BCUT2D eigenvalue weighted by Crippen LogP contribution is -2.22. The number of aromatic nitrogens is 3. The summed E-state index contributed by atoms with van der Waals surface area (Å²) in [7, 11) is 1.79. The van der Waals surface area contributed by atoms with E-state index in [1.165, 1.54) is 0 Å². The van der Waals surface area contributed by atoms with E-state index < -0.39 is 0 Å². The molecule has 0 saturated carbocycles. The topological polar surface area (TPSA) is 71.0 Å². The molecule has 3 rings (SSSR count). The molecule has 0 aliphatic carbocycles. The van der Waals surface area contributed by atoms with Crippen molar-refractivity contribution in [3.63, 3.8) is 0 Å². The zero-order valence-corrected chi connectivity index (χ0v) is 15.1. The molecule has 0 bridgehead atoms. The van der Waals surface area contributed by atoms with Crippen LogP contribution in [0.3, 0.4) is 0 Å². The maximum atomic E-state index is 11.4. The largest absolute Gasteiger partial charge is 0.342 e. The van der Waals surface area contributed by atoms with Crippen LogP contribution in [0, 0.1) is 6.92 Å². The van der Waals surface area contributed by atoms with Gasteiger partial charge < -0.3 is 10.2 Å². The Morgan fingerprint density at radius 3 is 2.69 bits per heavy atom. The van der Waals surface area contributed by atoms with Gasteiger partial charge in [0, 0.05) is 44.2 Å². The van der Waals surface area contributed by atoms with Gasteiger partial charge in [-0.3, -0.25) is 9.78 Å². The number of pyridine rings is 1. The van der Waals surface area contributed by atoms with Crippen molar-refractivity contribution in [1.82, 2.24) is 19.9 Å². The second-order valence-corrected chi connectivity index (χ2v) is 6.13. The first-order valence-electron chi connectivity index (χ1n) is 8.36. The van der Waals surface area contributed by atoms with E-state index in [-0.39, 0.29) is 5.91 Å². The average Bonchev–Trinajstić information content (AvgIpc) is 2.62. The van der Waals surface area contributed by atoms with Crippen LogP contribution in [-0.4, -0.2) is 32.8 Å². The summed E-state index contributed by atoms with van der Waals surface area (Å²) in [5.41, 5.74) is 3.54. The van der Waals surface area contributed by atoms with Gasteiger partial charge in [-0.1, -0.05) is 18.2 Å². The minimum atomic E-state index is 0.0368. The maximum Gasteiger partial charge on any atom is 0.219 e. The molecule has 0 unspecified atom stereocenters. The molecule has 1 N–H and O–H groups in total. The fraction of sp³-hybridized carbons (Fsp3) is 0.200. The van der Waals surface area contributed by atoms with Crippen molar-refractivity contribution in [1.29, 1.82) is 0 Å². The van der Waals surface area contributed by atoms with Gasteiger partial charge in [0.1, 0.15) is 11.5 Å². The fourth-order valence-corrected chi connectivity index (χ4v) is 2.52. The van der Waals surface area contributed by atoms with Crippen LogP contribution in [0.15, 0.2) is 54.7 Å². The van der Waals surface area contributed by atoms with Crippen molar-refractivity contribution in [3.05, 3.63) is 66.0 Å². The molecule has 2 heterocycles. The lowest BCUT2D eigenvalue weighted by Gasteiger charge is -2.15. The van der Waals surface area contributed by atoms with E-state index in [0.29, 0.717) is 18.2 Å². The first-order chi connectivity index (χ1) is 12.5. The molecule has 0 fully saturated rings. The average molecular weight is 347 g/mol. The molecule has 1 aromatic carbocycles. The minimum Gasteiger partial charge on any atom is -0.342 e. The third-order valence-electron chi connectivity index (χ3n) is 3.90. The third-order valence-corrected chi connectivity index (χ3v) is 3.90. The van der Waals surface area contributed by atoms with Crippen LogP contribution >= 0.6 is 0 Å². The number of hydrogen-bond acceptors (Lipinski definition) is 5. The monoisotopic (exact) mass is 347 g/mol. The van der Waals surface area contributed by atoms with Crippen molar-refractivity contribution in [3.8, 4) is 11.5 Å². The Bertz CT molecular complexity index is 911. The number of nitrogens with zero attached hydrogens (tertiary/aromatic N) is 4. The van der Waals surface area contributed by atoms with Crippen LogP contribution in [0.1, 0.15) is 18.2 Å². The summed E-state index contributed by atoms with van der Waals surface area (Å²) in [6, 6.07) is 15.5. The second kappa shape index (κ2) is 7.74. The molecule has 0 saturated heterocycles. The van der Waals surface area contributed by atoms with Gasteiger partial charge in [0.25, 0.3) is 0 Å². The van der Waals surface area contributed by atoms with Crippen LogP contribution in [0.4, 0.5) is 11.5 Å². The number of amides is 1. The molecule has 0 aliphatic rings. The number of carbonyl (C=O) groups is 1. The zero-order valence-electron chi connectivity index (χ0n) is 15.1. The molecule has 132 valence electrons. The number of anilines is 2. The minimum absolute atomic E-state index is 0.0368.